The molecule has 2 aliphatic rings. The SMILES string of the molecule is COCC1CCC2(CC1)NC(=O)C(c1c(C)c(F)cc(-c3ccccc3)c1F)=C2O. The van der Waals surface area contributed by atoms with Gasteiger partial charge in [-0.3, -0.25) is 4.79 Å². The monoisotopic (exact) mass is 413 g/mol. The molecule has 1 fully saturated rings. The molecule has 158 valence electrons. The van der Waals surface area contributed by atoms with Gasteiger partial charge in [0.25, 0.3) is 5.91 Å². The number of aliphatic hydroxyl groups is 1. The number of methoxy groups -OCH3 is 1. The number of nitrogens with one attached hydrogen (secondary N) is 1. The van der Waals surface area contributed by atoms with Crippen LogP contribution in [0.1, 0.15) is 36.8 Å². The fraction of sp³-hybridized carbons (Fsp3) is 0.375. The van der Waals surface area contributed by atoms with E-state index in [9.17, 15) is 14.3 Å². The Morgan fingerprint density at radius 2 is 1.87 bits per heavy atom. The number of hydrogen-bond donors (Lipinski definition) is 2. The van der Waals surface area contributed by atoms with Crippen LogP contribution in [0.5, 0.6) is 0 Å². The summed E-state index contributed by atoms with van der Waals surface area (Å²) in [5.74, 6) is -1.73. The Morgan fingerprint density at radius 1 is 1.20 bits per heavy atom. The molecular weight excluding hydrogens is 388 g/mol. The van der Waals surface area contributed by atoms with Crippen molar-refractivity contribution in [3.63, 3.8) is 0 Å². The van der Waals surface area contributed by atoms with E-state index in [1.807, 2.05) is 0 Å². The van der Waals surface area contributed by atoms with Crippen LogP contribution in [0.15, 0.2) is 42.2 Å². The molecule has 2 N–H and O–H groups in total. The van der Waals surface area contributed by atoms with Gasteiger partial charge in [0.05, 0.1) is 11.1 Å². The van der Waals surface area contributed by atoms with Gasteiger partial charge in [0.15, 0.2) is 0 Å². The van der Waals surface area contributed by atoms with Crippen LogP contribution < -0.4 is 5.32 Å². The number of hydrogen-bond acceptors (Lipinski definition) is 3. The number of halogens is 2. The molecule has 2 aromatic rings. The van der Waals surface area contributed by atoms with Crippen molar-refractivity contribution in [1.29, 1.82) is 0 Å². The first-order valence-electron chi connectivity index (χ1n) is 10.2. The van der Waals surface area contributed by atoms with E-state index in [-0.39, 0.29) is 28.0 Å². The lowest BCUT2D eigenvalue weighted by molar-refractivity contribution is -0.116. The van der Waals surface area contributed by atoms with Crippen LogP contribution in [-0.4, -0.2) is 30.3 Å². The van der Waals surface area contributed by atoms with Gasteiger partial charge in [-0.2, -0.15) is 0 Å². The molecule has 6 heteroatoms. The smallest absolute Gasteiger partial charge is 0.256 e. The van der Waals surface area contributed by atoms with E-state index in [4.69, 9.17) is 4.74 Å². The number of ether oxygens (including phenoxy) is 1. The summed E-state index contributed by atoms with van der Waals surface area (Å²) in [5, 5.41) is 14.0. The van der Waals surface area contributed by atoms with Gasteiger partial charge in [0.2, 0.25) is 0 Å². The van der Waals surface area contributed by atoms with Crippen LogP contribution in [0, 0.1) is 24.5 Å². The van der Waals surface area contributed by atoms with Gasteiger partial charge in [0.1, 0.15) is 17.4 Å². The van der Waals surface area contributed by atoms with Gasteiger partial charge < -0.3 is 15.2 Å². The molecule has 4 rings (SSSR count). The summed E-state index contributed by atoms with van der Waals surface area (Å²) in [6.07, 6.45) is 2.60. The lowest BCUT2D eigenvalue weighted by atomic mass is 9.75. The topological polar surface area (TPSA) is 58.6 Å². The van der Waals surface area contributed by atoms with Crippen LogP contribution in [-0.2, 0) is 9.53 Å². The summed E-state index contributed by atoms with van der Waals surface area (Å²) in [5.41, 5.74) is -0.676. The van der Waals surface area contributed by atoms with Gasteiger partial charge in [-0.1, -0.05) is 30.3 Å². The van der Waals surface area contributed by atoms with Crippen molar-refractivity contribution >= 4 is 11.5 Å². The summed E-state index contributed by atoms with van der Waals surface area (Å²) in [6, 6.07) is 9.75. The van der Waals surface area contributed by atoms with Crippen LogP contribution >= 0.6 is 0 Å². The first-order chi connectivity index (χ1) is 14.4. The molecule has 1 aliphatic heterocycles. The zero-order chi connectivity index (χ0) is 21.5. The molecule has 0 saturated heterocycles. The summed E-state index contributed by atoms with van der Waals surface area (Å²) >= 11 is 0. The minimum absolute atomic E-state index is 0.00833. The summed E-state index contributed by atoms with van der Waals surface area (Å²) in [6.45, 7) is 2.05. The molecule has 30 heavy (non-hydrogen) atoms. The molecule has 0 bridgehead atoms. The molecule has 0 radical (unpaired) electrons. The normalized spacial score (nSPS) is 23.9. The van der Waals surface area contributed by atoms with Crippen molar-refractivity contribution in [2.24, 2.45) is 5.92 Å². The van der Waals surface area contributed by atoms with Crippen LogP contribution in [0.4, 0.5) is 8.78 Å². The van der Waals surface area contributed by atoms with Gasteiger partial charge in [-0.15, -0.1) is 0 Å². The lowest BCUT2D eigenvalue weighted by Crippen LogP contribution is -2.47. The second-order valence-electron chi connectivity index (χ2n) is 8.24. The second kappa shape index (κ2) is 7.84. The zero-order valence-electron chi connectivity index (χ0n) is 17.1. The van der Waals surface area contributed by atoms with Crippen molar-refractivity contribution in [1.82, 2.24) is 5.32 Å². The molecular formula is C24H25F2NO3. The summed E-state index contributed by atoms with van der Waals surface area (Å²) in [4.78, 5) is 12.9. The minimum atomic E-state index is -0.922. The number of aliphatic hydroxyl groups excluding tert-OH is 1. The maximum Gasteiger partial charge on any atom is 0.256 e. The Hall–Kier alpha value is -2.73. The first-order valence-corrected chi connectivity index (χ1v) is 10.2. The fourth-order valence-corrected chi connectivity index (χ4v) is 4.69. The molecule has 1 amide bonds. The Bertz CT molecular complexity index is 1010. The average Bonchev–Trinajstić information content (AvgIpc) is 2.98. The maximum absolute atomic E-state index is 15.6. The van der Waals surface area contributed by atoms with Crippen molar-refractivity contribution in [3.05, 3.63) is 64.9 Å². The van der Waals surface area contributed by atoms with Crippen molar-refractivity contribution in [2.75, 3.05) is 13.7 Å². The van der Waals surface area contributed by atoms with Gasteiger partial charge >= 0.3 is 0 Å². The number of benzene rings is 2. The number of carbonyl (C=O) groups is 1. The van der Waals surface area contributed by atoms with E-state index < -0.39 is 23.1 Å². The third kappa shape index (κ3) is 3.29. The van der Waals surface area contributed by atoms with E-state index in [1.54, 1.807) is 37.4 Å². The highest BCUT2D eigenvalue weighted by Gasteiger charge is 2.48. The third-order valence-corrected chi connectivity index (χ3v) is 6.43. The Labute approximate surface area is 174 Å². The van der Waals surface area contributed by atoms with Crippen molar-refractivity contribution in [3.8, 4) is 11.1 Å². The van der Waals surface area contributed by atoms with E-state index in [1.165, 1.54) is 6.92 Å². The van der Waals surface area contributed by atoms with E-state index in [2.05, 4.69) is 5.32 Å². The summed E-state index contributed by atoms with van der Waals surface area (Å²) in [7, 11) is 1.65. The van der Waals surface area contributed by atoms with Crippen LogP contribution in [0.25, 0.3) is 16.7 Å². The fourth-order valence-electron chi connectivity index (χ4n) is 4.69. The van der Waals surface area contributed by atoms with Gasteiger partial charge in [-0.05, 0) is 55.7 Å². The van der Waals surface area contributed by atoms with Gasteiger partial charge in [-0.25, -0.2) is 8.78 Å². The lowest BCUT2D eigenvalue weighted by Gasteiger charge is -2.37. The average molecular weight is 413 g/mol. The molecule has 0 atom stereocenters. The maximum atomic E-state index is 15.6. The first kappa shape index (κ1) is 20.5. The highest BCUT2D eigenvalue weighted by atomic mass is 19.1. The Morgan fingerprint density at radius 3 is 2.50 bits per heavy atom. The third-order valence-electron chi connectivity index (χ3n) is 6.43. The molecule has 0 aromatic heterocycles. The standard InChI is InChI=1S/C24H25F2NO3/c1-14-18(25)12-17(16-6-4-3-5-7-16)21(26)19(14)20-22(28)24(27-23(20)29)10-8-15(9-11-24)13-30-2/h3-7,12,15,28H,8-11,13H2,1-2H3,(H,27,29). The zero-order valence-corrected chi connectivity index (χ0v) is 17.1. The van der Waals surface area contributed by atoms with Crippen molar-refractivity contribution < 1.29 is 23.4 Å². The molecule has 0 unspecified atom stereocenters. The number of rotatable bonds is 4. The highest BCUT2D eigenvalue weighted by molar-refractivity contribution is 6.23. The molecule has 2 aromatic carbocycles. The minimum Gasteiger partial charge on any atom is -0.509 e. The van der Waals surface area contributed by atoms with Crippen molar-refractivity contribution in [2.45, 2.75) is 38.1 Å². The molecule has 4 nitrogen and oxygen atoms in total. The number of amides is 1. The molecule has 1 saturated carbocycles. The Balaban J connectivity index is 1.81. The van der Waals surface area contributed by atoms with Gasteiger partial charge in [0, 0.05) is 24.8 Å². The quantitative estimate of drug-likeness (QED) is 0.749. The molecule has 1 spiro atoms. The summed E-state index contributed by atoms with van der Waals surface area (Å²) < 4.78 is 35.6. The predicted molar refractivity (Wildman–Crippen MR) is 111 cm³/mol. The second-order valence-corrected chi connectivity index (χ2v) is 8.24. The predicted octanol–water partition coefficient (Wildman–Crippen LogP) is 4.91. The molecule has 1 aliphatic carbocycles. The highest BCUT2D eigenvalue weighted by Crippen LogP contribution is 2.45. The Kier molecular flexibility index (Phi) is 5.36. The van der Waals surface area contributed by atoms with E-state index >= 15 is 4.39 Å². The van der Waals surface area contributed by atoms with Crippen LogP contribution in [0.2, 0.25) is 0 Å². The number of carbonyl (C=O) groups excluding carboxylic acids is 1. The molecule has 1 heterocycles. The van der Waals surface area contributed by atoms with Crippen LogP contribution in [0.3, 0.4) is 0 Å². The largest absolute Gasteiger partial charge is 0.509 e. The van der Waals surface area contributed by atoms with E-state index in [0.717, 1.165) is 18.9 Å². The van der Waals surface area contributed by atoms with E-state index in [0.29, 0.717) is 30.9 Å².